The van der Waals surface area contributed by atoms with Crippen molar-refractivity contribution in [3.8, 4) is 10.4 Å². The molecule has 0 unspecified atom stereocenters. The van der Waals surface area contributed by atoms with Gasteiger partial charge in [-0.1, -0.05) is 58.0 Å². The fourth-order valence-corrected chi connectivity index (χ4v) is 5.34. The van der Waals surface area contributed by atoms with Gasteiger partial charge in [-0.15, -0.1) is 11.3 Å². The number of aromatic nitrogens is 2. The number of halogens is 1. The van der Waals surface area contributed by atoms with Crippen LogP contribution in [0.2, 0.25) is 0 Å². The minimum absolute atomic E-state index is 0.0624. The molecule has 0 spiro atoms. The van der Waals surface area contributed by atoms with Crippen LogP contribution in [-0.2, 0) is 0 Å². The topological polar surface area (TPSA) is 56.0 Å². The van der Waals surface area contributed by atoms with Gasteiger partial charge in [-0.25, -0.2) is 9.97 Å². The number of nitrogens with zero attached hydrogens (tertiary/aromatic N) is 2. The van der Waals surface area contributed by atoms with Gasteiger partial charge in [0.05, 0.1) is 5.75 Å². The average Bonchev–Trinajstić information content (AvgIpc) is 3.36. The Labute approximate surface area is 183 Å². The van der Waals surface area contributed by atoms with Crippen LogP contribution in [0.25, 0.3) is 31.6 Å². The quantitative estimate of drug-likeness (QED) is 0.156. The third-order valence-electron chi connectivity index (χ3n) is 4.44. The van der Waals surface area contributed by atoms with Gasteiger partial charge in [-0.2, -0.15) is 0 Å². The Morgan fingerprint density at radius 3 is 2.79 bits per heavy atom. The summed E-state index contributed by atoms with van der Waals surface area (Å²) in [6, 6.07) is 19.8. The molecule has 5 aromatic rings. The summed E-state index contributed by atoms with van der Waals surface area (Å²) in [4.78, 5) is 23.5. The number of benzene rings is 2. The van der Waals surface area contributed by atoms with E-state index in [-0.39, 0.29) is 11.5 Å². The summed E-state index contributed by atoms with van der Waals surface area (Å²) in [7, 11) is 0. The number of Topliss-reactive ketones (excluding diaryl/α,β-unsaturated/α-hetero) is 1. The van der Waals surface area contributed by atoms with Crippen molar-refractivity contribution in [1.29, 1.82) is 0 Å². The number of rotatable bonds is 5. The van der Waals surface area contributed by atoms with Crippen LogP contribution in [0.15, 0.2) is 80.9 Å². The molecule has 0 atom stereocenters. The highest BCUT2D eigenvalue weighted by Crippen LogP contribution is 2.36. The smallest absolute Gasteiger partial charge is 0.208 e. The third-order valence-corrected chi connectivity index (χ3v) is 7.03. The molecule has 7 heteroatoms. The van der Waals surface area contributed by atoms with Gasteiger partial charge in [0, 0.05) is 20.1 Å². The minimum Gasteiger partial charge on any atom is -0.453 e. The van der Waals surface area contributed by atoms with Gasteiger partial charge in [0.1, 0.15) is 21.8 Å². The van der Waals surface area contributed by atoms with E-state index < -0.39 is 0 Å². The van der Waals surface area contributed by atoms with E-state index in [4.69, 9.17) is 4.42 Å². The van der Waals surface area contributed by atoms with Gasteiger partial charge in [-0.3, -0.25) is 4.79 Å². The van der Waals surface area contributed by atoms with Crippen LogP contribution < -0.4 is 0 Å². The average molecular weight is 481 g/mol. The van der Waals surface area contributed by atoms with Gasteiger partial charge in [0.2, 0.25) is 5.78 Å². The highest BCUT2D eigenvalue weighted by molar-refractivity contribution is 9.10. The lowest BCUT2D eigenvalue weighted by Crippen LogP contribution is -2.00. The van der Waals surface area contributed by atoms with Gasteiger partial charge >= 0.3 is 0 Å². The van der Waals surface area contributed by atoms with Crippen LogP contribution in [0, 0.1) is 0 Å². The zero-order valence-corrected chi connectivity index (χ0v) is 18.2. The zero-order chi connectivity index (χ0) is 19.8. The summed E-state index contributed by atoms with van der Waals surface area (Å²) in [5.74, 6) is 0.558. The molecule has 29 heavy (non-hydrogen) atoms. The molecule has 0 N–H and O–H groups in total. The standard InChI is InChI=1S/C22H13BrN2O2S2/c23-15-6-7-18-14(8-15)9-19(27-18)17(26)11-28-21-16-10-20(13-4-2-1-3-5-13)29-22(16)25-12-24-21/h1-10,12H,11H2. The molecule has 0 saturated carbocycles. The highest BCUT2D eigenvalue weighted by atomic mass is 79.9. The van der Waals surface area contributed by atoms with Crippen molar-refractivity contribution in [3.05, 3.63) is 77.2 Å². The minimum atomic E-state index is -0.0624. The predicted octanol–water partition coefficient (Wildman–Crippen LogP) is 6.84. The molecule has 0 amide bonds. The van der Waals surface area contributed by atoms with Crippen molar-refractivity contribution in [1.82, 2.24) is 9.97 Å². The van der Waals surface area contributed by atoms with Gasteiger partial charge in [0.15, 0.2) is 5.76 Å². The molecule has 0 aliphatic heterocycles. The Balaban J connectivity index is 1.39. The number of hydrogen-bond acceptors (Lipinski definition) is 6. The maximum absolute atomic E-state index is 12.7. The first-order valence-corrected chi connectivity index (χ1v) is 11.4. The zero-order valence-electron chi connectivity index (χ0n) is 15.0. The first-order valence-electron chi connectivity index (χ1n) is 8.82. The van der Waals surface area contributed by atoms with Crippen LogP contribution in [-0.4, -0.2) is 21.5 Å². The molecule has 3 aromatic heterocycles. The molecule has 0 radical (unpaired) electrons. The summed E-state index contributed by atoms with van der Waals surface area (Å²) in [6.07, 6.45) is 1.55. The van der Waals surface area contributed by atoms with E-state index in [0.717, 1.165) is 35.5 Å². The Morgan fingerprint density at radius 1 is 1.07 bits per heavy atom. The molecule has 5 rings (SSSR count). The molecule has 0 fully saturated rings. The normalized spacial score (nSPS) is 11.3. The van der Waals surface area contributed by atoms with E-state index in [2.05, 4.69) is 44.1 Å². The number of ketones is 1. The maximum Gasteiger partial charge on any atom is 0.208 e. The Kier molecular flexibility index (Phi) is 4.95. The van der Waals surface area contributed by atoms with E-state index >= 15 is 0 Å². The first kappa shape index (κ1) is 18.5. The molecule has 4 nitrogen and oxygen atoms in total. The molecule has 2 aromatic carbocycles. The summed E-state index contributed by atoms with van der Waals surface area (Å²) in [6.45, 7) is 0. The lowest BCUT2D eigenvalue weighted by atomic mass is 10.2. The molecule has 3 heterocycles. The molecular weight excluding hydrogens is 468 g/mol. The van der Waals surface area contributed by atoms with Crippen LogP contribution in [0.4, 0.5) is 0 Å². The molecule has 0 bridgehead atoms. The lowest BCUT2D eigenvalue weighted by molar-refractivity contribution is 0.0994. The highest BCUT2D eigenvalue weighted by Gasteiger charge is 2.16. The number of furan rings is 1. The van der Waals surface area contributed by atoms with Crippen molar-refractivity contribution in [2.45, 2.75) is 5.03 Å². The third kappa shape index (κ3) is 3.73. The van der Waals surface area contributed by atoms with Crippen molar-refractivity contribution < 1.29 is 9.21 Å². The van der Waals surface area contributed by atoms with Gasteiger partial charge < -0.3 is 4.42 Å². The predicted molar refractivity (Wildman–Crippen MR) is 122 cm³/mol. The van der Waals surface area contributed by atoms with Crippen LogP contribution in [0.1, 0.15) is 10.6 Å². The summed E-state index contributed by atoms with van der Waals surface area (Å²) in [5.41, 5.74) is 1.85. The number of carbonyl (C=O) groups is 1. The van der Waals surface area contributed by atoms with E-state index in [9.17, 15) is 4.79 Å². The maximum atomic E-state index is 12.7. The van der Waals surface area contributed by atoms with Crippen molar-refractivity contribution in [3.63, 3.8) is 0 Å². The van der Waals surface area contributed by atoms with Crippen LogP contribution in [0.5, 0.6) is 0 Å². The van der Waals surface area contributed by atoms with E-state index in [1.165, 1.54) is 11.8 Å². The molecule has 0 aliphatic rings. The molecular formula is C22H13BrN2O2S2. The SMILES string of the molecule is O=C(CSc1ncnc2sc(-c3ccccc3)cc12)c1cc2cc(Br)ccc2o1. The van der Waals surface area contributed by atoms with Crippen LogP contribution >= 0.6 is 39.0 Å². The van der Waals surface area contributed by atoms with Gasteiger partial charge in [0.25, 0.3) is 0 Å². The number of thiophene rings is 1. The second kappa shape index (κ2) is 7.74. The van der Waals surface area contributed by atoms with Crippen LogP contribution in [0.3, 0.4) is 0 Å². The fourth-order valence-electron chi connectivity index (χ4n) is 3.05. The fraction of sp³-hybridized carbons (Fsp3) is 0.0455. The Hall–Kier alpha value is -2.48. The van der Waals surface area contributed by atoms with Crippen molar-refractivity contribution in [2.75, 3.05) is 5.75 Å². The summed E-state index contributed by atoms with van der Waals surface area (Å²) < 4.78 is 6.66. The van der Waals surface area contributed by atoms with E-state index in [0.29, 0.717) is 11.3 Å². The lowest BCUT2D eigenvalue weighted by Gasteiger charge is -2.00. The number of fused-ring (bicyclic) bond motifs is 2. The van der Waals surface area contributed by atoms with Gasteiger partial charge in [-0.05, 0) is 35.9 Å². The monoisotopic (exact) mass is 480 g/mol. The van der Waals surface area contributed by atoms with Crippen molar-refractivity contribution >= 4 is 66.0 Å². The number of thioether (sulfide) groups is 1. The first-order chi connectivity index (χ1) is 14.2. The largest absolute Gasteiger partial charge is 0.453 e. The van der Waals surface area contributed by atoms with E-state index in [1.807, 2.05) is 36.4 Å². The molecule has 142 valence electrons. The second-order valence-corrected chi connectivity index (χ2v) is 9.29. The second-order valence-electron chi connectivity index (χ2n) is 6.38. The summed E-state index contributed by atoms with van der Waals surface area (Å²) >= 11 is 6.48. The Bertz CT molecular complexity index is 1350. The number of carbonyl (C=O) groups excluding carboxylic acids is 1. The number of hydrogen-bond donors (Lipinski definition) is 0. The Morgan fingerprint density at radius 2 is 1.93 bits per heavy atom. The van der Waals surface area contributed by atoms with Crippen molar-refractivity contribution in [2.24, 2.45) is 0 Å². The molecule has 0 aliphatic carbocycles. The summed E-state index contributed by atoms with van der Waals surface area (Å²) in [5, 5.41) is 2.69. The molecule has 0 saturated heterocycles. The van der Waals surface area contributed by atoms with E-state index in [1.54, 1.807) is 23.7 Å².